The fourth-order valence-corrected chi connectivity index (χ4v) is 1.39. The van der Waals surface area contributed by atoms with Gasteiger partial charge in [0.2, 0.25) is 0 Å². The molecule has 1 saturated heterocycles. The third kappa shape index (κ3) is 2.47. The van der Waals surface area contributed by atoms with Gasteiger partial charge in [-0.25, -0.2) is 0 Å². The second-order valence-corrected chi connectivity index (χ2v) is 3.59. The Labute approximate surface area is 78.9 Å². The second kappa shape index (κ2) is 4.85. The SMILES string of the molecule is CCC1(COC/C=C/Cl)CNC1. The highest BCUT2D eigenvalue weighted by Crippen LogP contribution is 2.26. The molecule has 0 amide bonds. The molecule has 0 saturated carbocycles. The highest BCUT2D eigenvalue weighted by atomic mass is 35.5. The zero-order valence-corrected chi connectivity index (χ0v) is 8.23. The minimum Gasteiger partial charge on any atom is -0.377 e. The van der Waals surface area contributed by atoms with Crippen LogP contribution in [0.1, 0.15) is 13.3 Å². The molecule has 1 N–H and O–H groups in total. The molecule has 1 aliphatic heterocycles. The highest BCUT2D eigenvalue weighted by molar-refractivity contribution is 6.25. The summed E-state index contributed by atoms with van der Waals surface area (Å²) in [5.74, 6) is 0. The van der Waals surface area contributed by atoms with E-state index in [1.54, 1.807) is 0 Å². The Hall–Kier alpha value is -0.0500. The van der Waals surface area contributed by atoms with Crippen molar-refractivity contribution >= 4 is 11.6 Å². The first-order valence-corrected chi connectivity index (χ1v) is 4.80. The fraction of sp³-hybridized carbons (Fsp3) is 0.778. The molecule has 1 rings (SSSR count). The Kier molecular flexibility index (Phi) is 4.06. The van der Waals surface area contributed by atoms with Gasteiger partial charge in [0, 0.05) is 24.0 Å². The molecule has 0 atom stereocenters. The predicted molar refractivity (Wildman–Crippen MR) is 51.4 cm³/mol. The Balaban J connectivity index is 2.12. The Morgan fingerprint density at radius 2 is 2.33 bits per heavy atom. The Morgan fingerprint density at radius 1 is 1.58 bits per heavy atom. The van der Waals surface area contributed by atoms with Crippen molar-refractivity contribution in [1.29, 1.82) is 0 Å². The molecular weight excluding hydrogens is 174 g/mol. The minimum absolute atomic E-state index is 0.403. The predicted octanol–water partition coefficient (Wildman–Crippen LogP) is 1.76. The van der Waals surface area contributed by atoms with E-state index in [9.17, 15) is 0 Å². The van der Waals surface area contributed by atoms with Gasteiger partial charge in [0.15, 0.2) is 0 Å². The molecule has 0 aromatic rings. The molecule has 0 aliphatic carbocycles. The van der Waals surface area contributed by atoms with Crippen molar-refractivity contribution in [3.63, 3.8) is 0 Å². The van der Waals surface area contributed by atoms with Crippen molar-refractivity contribution in [1.82, 2.24) is 5.32 Å². The molecule has 0 aromatic carbocycles. The molecule has 1 aliphatic rings. The first kappa shape index (κ1) is 10.0. The molecule has 12 heavy (non-hydrogen) atoms. The third-order valence-corrected chi connectivity index (χ3v) is 2.64. The van der Waals surface area contributed by atoms with Gasteiger partial charge in [0.1, 0.15) is 0 Å². The summed E-state index contributed by atoms with van der Waals surface area (Å²) in [5, 5.41) is 3.27. The van der Waals surface area contributed by atoms with Gasteiger partial charge in [-0.15, -0.1) is 0 Å². The maximum absolute atomic E-state index is 5.46. The highest BCUT2D eigenvalue weighted by Gasteiger charge is 2.34. The maximum Gasteiger partial charge on any atom is 0.0659 e. The fourth-order valence-electron chi connectivity index (χ4n) is 1.31. The quantitative estimate of drug-likeness (QED) is 0.666. The van der Waals surface area contributed by atoms with Crippen LogP contribution in [0.3, 0.4) is 0 Å². The topological polar surface area (TPSA) is 21.3 Å². The largest absolute Gasteiger partial charge is 0.377 e. The monoisotopic (exact) mass is 189 g/mol. The number of nitrogens with one attached hydrogen (secondary N) is 1. The summed E-state index contributed by atoms with van der Waals surface area (Å²) >= 11 is 5.36. The lowest BCUT2D eigenvalue weighted by atomic mass is 9.80. The van der Waals surface area contributed by atoms with Crippen LogP contribution >= 0.6 is 11.6 Å². The van der Waals surface area contributed by atoms with Crippen molar-refractivity contribution < 1.29 is 4.74 Å². The lowest BCUT2D eigenvalue weighted by Crippen LogP contribution is -2.55. The summed E-state index contributed by atoms with van der Waals surface area (Å²) in [4.78, 5) is 0. The molecule has 0 bridgehead atoms. The van der Waals surface area contributed by atoms with Gasteiger partial charge >= 0.3 is 0 Å². The first-order valence-electron chi connectivity index (χ1n) is 4.37. The molecule has 2 nitrogen and oxygen atoms in total. The van der Waals surface area contributed by atoms with E-state index in [2.05, 4.69) is 12.2 Å². The molecule has 3 heteroatoms. The molecule has 70 valence electrons. The minimum atomic E-state index is 0.403. The molecule has 0 unspecified atom stereocenters. The van der Waals surface area contributed by atoms with Crippen LogP contribution in [0.15, 0.2) is 11.6 Å². The van der Waals surface area contributed by atoms with Crippen LogP contribution < -0.4 is 5.32 Å². The molecule has 0 aromatic heterocycles. The van der Waals surface area contributed by atoms with Gasteiger partial charge in [-0.2, -0.15) is 0 Å². The lowest BCUT2D eigenvalue weighted by Gasteiger charge is -2.41. The summed E-state index contributed by atoms with van der Waals surface area (Å²) in [7, 11) is 0. The summed E-state index contributed by atoms with van der Waals surface area (Å²) in [6.07, 6.45) is 3.00. The van der Waals surface area contributed by atoms with E-state index in [4.69, 9.17) is 16.3 Å². The average molecular weight is 190 g/mol. The van der Waals surface area contributed by atoms with Gasteiger partial charge < -0.3 is 10.1 Å². The molecule has 0 radical (unpaired) electrons. The zero-order chi connectivity index (χ0) is 8.86. The van der Waals surface area contributed by atoms with Crippen LogP contribution in [0.5, 0.6) is 0 Å². The summed E-state index contributed by atoms with van der Waals surface area (Å²) < 4.78 is 5.46. The van der Waals surface area contributed by atoms with E-state index in [1.165, 1.54) is 12.0 Å². The smallest absolute Gasteiger partial charge is 0.0659 e. The summed E-state index contributed by atoms with van der Waals surface area (Å²) in [6.45, 7) is 5.87. The van der Waals surface area contributed by atoms with Gasteiger partial charge in [-0.3, -0.25) is 0 Å². The van der Waals surface area contributed by atoms with Crippen LogP contribution in [0.25, 0.3) is 0 Å². The van der Waals surface area contributed by atoms with E-state index < -0.39 is 0 Å². The number of hydrogen-bond donors (Lipinski definition) is 1. The number of halogens is 1. The number of hydrogen-bond acceptors (Lipinski definition) is 2. The normalized spacial score (nSPS) is 21.2. The van der Waals surface area contributed by atoms with Crippen molar-refractivity contribution in [2.24, 2.45) is 5.41 Å². The Bertz CT molecular complexity index is 149. The van der Waals surface area contributed by atoms with Crippen LogP contribution in [0.2, 0.25) is 0 Å². The first-order chi connectivity index (χ1) is 5.83. The zero-order valence-electron chi connectivity index (χ0n) is 7.48. The maximum atomic E-state index is 5.46. The van der Waals surface area contributed by atoms with Gasteiger partial charge in [0.05, 0.1) is 13.2 Å². The van der Waals surface area contributed by atoms with Crippen LogP contribution in [-0.4, -0.2) is 26.3 Å². The van der Waals surface area contributed by atoms with Crippen molar-refractivity contribution in [2.75, 3.05) is 26.3 Å². The van der Waals surface area contributed by atoms with Gasteiger partial charge in [-0.05, 0) is 12.5 Å². The summed E-state index contributed by atoms with van der Waals surface area (Å²) in [6, 6.07) is 0. The van der Waals surface area contributed by atoms with Crippen molar-refractivity contribution in [3.8, 4) is 0 Å². The molecular formula is C9H16ClNO. The standard InChI is InChI=1S/C9H16ClNO/c1-2-9(6-11-7-9)8-12-5-3-4-10/h3-4,11H,2,5-8H2,1H3/b4-3+. The Morgan fingerprint density at radius 3 is 2.75 bits per heavy atom. The van der Waals surface area contributed by atoms with Crippen molar-refractivity contribution in [3.05, 3.63) is 11.6 Å². The average Bonchev–Trinajstić information content (AvgIpc) is 2.02. The van der Waals surface area contributed by atoms with E-state index in [0.717, 1.165) is 19.7 Å². The van der Waals surface area contributed by atoms with E-state index in [1.807, 2.05) is 6.08 Å². The lowest BCUT2D eigenvalue weighted by molar-refractivity contribution is 0.0196. The van der Waals surface area contributed by atoms with Gasteiger partial charge in [-0.1, -0.05) is 18.5 Å². The van der Waals surface area contributed by atoms with E-state index >= 15 is 0 Å². The molecule has 1 fully saturated rings. The number of rotatable bonds is 5. The molecule has 0 spiro atoms. The summed E-state index contributed by atoms with van der Waals surface area (Å²) in [5.41, 5.74) is 1.90. The third-order valence-electron chi connectivity index (χ3n) is 2.46. The van der Waals surface area contributed by atoms with E-state index in [0.29, 0.717) is 12.0 Å². The second-order valence-electron chi connectivity index (χ2n) is 3.33. The number of ether oxygens (including phenoxy) is 1. The van der Waals surface area contributed by atoms with Crippen LogP contribution in [-0.2, 0) is 4.74 Å². The van der Waals surface area contributed by atoms with Crippen LogP contribution in [0.4, 0.5) is 0 Å². The van der Waals surface area contributed by atoms with Crippen molar-refractivity contribution in [2.45, 2.75) is 13.3 Å². The van der Waals surface area contributed by atoms with Crippen LogP contribution in [0, 0.1) is 5.41 Å². The van der Waals surface area contributed by atoms with Gasteiger partial charge in [0.25, 0.3) is 0 Å². The van der Waals surface area contributed by atoms with E-state index in [-0.39, 0.29) is 0 Å². The molecule has 1 heterocycles.